The number of ether oxygens (including phenoxy) is 1. The van der Waals surface area contributed by atoms with Gasteiger partial charge in [-0.2, -0.15) is 18.2 Å². The van der Waals surface area contributed by atoms with Crippen LogP contribution >= 0.6 is 0 Å². The lowest BCUT2D eigenvalue weighted by molar-refractivity contribution is -0.152. The van der Waals surface area contributed by atoms with E-state index in [1.165, 1.54) is 15.5 Å². The van der Waals surface area contributed by atoms with E-state index in [-0.39, 0.29) is 43.2 Å². The Morgan fingerprint density at radius 3 is 2.65 bits per heavy atom. The van der Waals surface area contributed by atoms with Crippen molar-refractivity contribution in [3.05, 3.63) is 46.2 Å². The number of hydrogen-bond acceptors (Lipinski definition) is 6. The maximum atomic E-state index is 13.9. The van der Waals surface area contributed by atoms with Crippen LogP contribution in [-0.2, 0) is 17.7 Å². The quantitative estimate of drug-likeness (QED) is 0.742. The molecule has 2 aromatic rings. The molecular weight excluding hydrogens is 411 g/mol. The van der Waals surface area contributed by atoms with Gasteiger partial charge >= 0.3 is 6.18 Å². The van der Waals surface area contributed by atoms with E-state index >= 15 is 0 Å². The Labute approximate surface area is 177 Å². The van der Waals surface area contributed by atoms with Gasteiger partial charge in [-0.1, -0.05) is 12.1 Å². The second kappa shape index (κ2) is 7.44. The third-order valence-electron chi connectivity index (χ3n) is 6.43. The average Bonchev–Trinajstić information content (AvgIpc) is 3.36. The van der Waals surface area contributed by atoms with E-state index in [0.717, 1.165) is 12.0 Å². The van der Waals surface area contributed by atoms with Crippen LogP contribution in [0, 0.1) is 0 Å². The summed E-state index contributed by atoms with van der Waals surface area (Å²) in [5.74, 6) is 0.530. The topological polar surface area (TPSA) is 76.6 Å². The molecule has 3 aliphatic rings. The van der Waals surface area contributed by atoms with Crippen LogP contribution in [0.1, 0.15) is 18.4 Å². The van der Waals surface area contributed by atoms with Gasteiger partial charge in [-0.3, -0.25) is 9.36 Å². The first-order chi connectivity index (χ1) is 14.8. The van der Waals surface area contributed by atoms with Gasteiger partial charge in [-0.25, -0.2) is 0 Å². The minimum atomic E-state index is -4.42. The Kier molecular flexibility index (Phi) is 4.84. The number of fused-ring (bicyclic) bond motifs is 3. The van der Waals surface area contributed by atoms with Crippen LogP contribution in [0.25, 0.3) is 0 Å². The summed E-state index contributed by atoms with van der Waals surface area (Å²) in [7, 11) is 0. The van der Waals surface area contributed by atoms with Crippen LogP contribution in [0.4, 0.5) is 30.6 Å². The second-order valence-electron chi connectivity index (χ2n) is 8.43. The van der Waals surface area contributed by atoms with Gasteiger partial charge in [-0.05, 0) is 37.0 Å². The Balaban J connectivity index is 1.49. The first-order valence-corrected chi connectivity index (χ1v) is 10.5. The molecule has 0 spiro atoms. The first-order valence-electron chi connectivity index (χ1n) is 10.5. The number of hydrogen-bond donors (Lipinski definition) is 1. The zero-order chi connectivity index (χ0) is 21.8. The van der Waals surface area contributed by atoms with E-state index in [0.29, 0.717) is 31.1 Å². The number of alkyl halides is 3. The Bertz CT molecular complexity index is 1020. The van der Waals surface area contributed by atoms with Gasteiger partial charge in [-0.15, -0.1) is 0 Å². The number of nitrogens with zero attached hydrogens (tertiary/aromatic N) is 4. The number of nitrogen functional groups attached to an aromatic ring is 1. The fourth-order valence-corrected chi connectivity index (χ4v) is 4.82. The van der Waals surface area contributed by atoms with E-state index in [4.69, 9.17) is 10.5 Å². The minimum Gasteiger partial charge on any atom is -0.399 e. The molecular formula is C21H24F3N5O2. The largest absolute Gasteiger partial charge is 0.408 e. The highest BCUT2D eigenvalue weighted by atomic mass is 19.4. The van der Waals surface area contributed by atoms with Gasteiger partial charge in [0, 0.05) is 31.4 Å². The van der Waals surface area contributed by atoms with Crippen molar-refractivity contribution >= 4 is 17.5 Å². The number of rotatable bonds is 4. The van der Waals surface area contributed by atoms with Crippen molar-refractivity contribution in [1.82, 2.24) is 9.55 Å². The molecule has 1 aromatic heterocycles. The summed E-state index contributed by atoms with van der Waals surface area (Å²) in [4.78, 5) is 20.6. The third-order valence-corrected chi connectivity index (χ3v) is 6.43. The molecule has 166 valence electrons. The lowest BCUT2D eigenvalue weighted by atomic mass is 10.1. The van der Waals surface area contributed by atoms with E-state index in [1.54, 1.807) is 24.3 Å². The number of anilines is 3. The molecule has 2 fully saturated rings. The van der Waals surface area contributed by atoms with Crippen molar-refractivity contribution in [3.8, 4) is 0 Å². The highest BCUT2D eigenvalue weighted by Gasteiger charge is 2.47. The van der Waals surface area contributed by atoms with Gasteiger partial charge in [0.1, 0.15) is 11.9 Å². The molecule has 4 heterocycles. The lowest BCUT2D eigenvalue weighted by Crippen LogP contribution is -2.53. The molecule has 0 saturated carbocycles. The van der Waals surface area contributed by atoms with Gasteiger partial charge in [0.2, 0.25) is 5.95 Å². The van der Waals surface area contributed by atoms with Crippen molar-refractivity contribution in [1.29, 1.82) is 0 Å². The fraction of sp³-hybridized carbons (Fsp3) is 0.524. The molecule has 7 nitrogen and oxygen atoms in total. The zero-order valence-corrected chi connectivity index (χ0v) is 16.9. The monoisotopic (exact) mass is 435 g/mol. The molecule has 31 heavy (non-hydrogen) atoms. The molecule has 0 aliphatic carbocycles. The van der Waals surface area contributed by atoms with E-state index in [2.05, 4.69) is 4.98 Å². The smallest absolute Gasteiger partial charge is 0.399 e. The van der Waals surface area contributed by atoms with E-state index < -0.39 is 12.2 Å². The van der Waals surface area contributed by atoms with Gasteiger partial charge in [0.15, 0.2) is 0 Å². The number of morpholine rings is 1. The zero-order valence-electron chi connectivity index (χ0n) is 16.9. The standard InChI is InChI=1S/C21H24F3N5O2/c22-21(23,24)17-6-8-28-19(30)10-18(29-11-16-9-15(29)12-31-16)26-20(28)27(17)7-5-13-1-3-14(25)4-2-13/h1-4,10,15-17H,5-9,11-12,25H2/t15-,16-,17-/m0/s1. The van der Waals surface area contributed by atoms with Crippen LogP contribution in [0.2, 0.25) is 0 Å². The van der Waals surface area contributed by atoms with Gasteiger partial charge < -0.3 is 20.3 Å². The van der Waals surface area contributed by atoms with Crippen LogP contribution in [0.5, 0.6) is 0 Å². The summed E-state index contributed by atoms with van der Waals surface area (Å²) < 4.78 is 48.6. The Hall–Kier alpha value is -2.75. The van der Waals surface area contributed by atoms with Crippen LogP contribution in [0.3, 0.4) is 0 Å². The summed E-state index contributed by atoms with van der Waals surface area (Å²) in [5, 5.41) is 0. The van der Waals surface area contributed by atoms with Crippen molar-refractivity contribution in [3.63, 3.8) is 0 Å². The van der Waals surface area contributed by atoms with Crippen LogP contribution in [0.15, 0.2) is 35.1 Å². The van der Waals surface area contributed by atoms with E-state index in [9.17, 15) is 18.0 Å². The first kappa shape index (κ1) is 20.2. The lowest BCUT2D eigenvalue weighted by Gasteiger charge is -2.39. The van der Waals surface area contributed by atoms with Crippen LogP contribution < -0.4 is 21.1 Å². The molecule has 3 atom stereocenters. The summed E-state index contributed by atoms with van der Waals surface area (Å²) >= 11 is 0. The highest BCUT2D eigenvalue weighted by Crippen LogP contribution is 2.36. The summed E-state index contributed by atoms with van der Waals surface area (Å²) in [6.07, 6.45) is -3.27. The summed E-state index contributed by atoms with van der Waals surface area (Å²) in [6.45, 7) is 1.25. The van der Waals surface area contributed by atoms with Crippen molar-refractivity contribution in [2.24, 2.45) is 0 Å². The van der Waals surface area contributed by atoms with E-state index in [1.807, 2.05) is 4.90 Å². The number of nitrogens with two attached hydrogens (primary N) is 1. The Morgan fingerprint density at radius 1 is 1.23 bits per heavy atom. The van der Waals surface area contributed by atoms with Crippen molar-refractivity contribution in [2.45, 2.75) is 50.2 Å². The number of benzene rings is 1. The Morgan fingerprint density at radius 2 is 2.00 bits per heavy atom. The second-order valence-corrected chi connectivity index (χ2v) is 8.43. The summed E-state index contributed by atoms with van der Waals surface area (Å²) in [5.41, 5.74) is 6.86. The molecule has 1 aromatic carbocycles. The molecule has 3 aliphatic heterocycles. The third kappa shape index (κ3) is 3.73. The average molecular weight is 435 g/mol. The minimum absolute atomic E-state index is 0.000835. The molecule has 0 amide bonds. The number of halogens is 3. The molecule has 2 N–H and O–H groups in total. The predicted octanol–water partition coefficient (Wildman–Crippen LogP) is 2.19. The molecule has 2 saturated heterocycles. The van der Waals surface area contributed by atoms with Crippen molar-refractivity contribution < 1.29 is 17.9 Å². The maximum absolute atomic E-state index is 13.9. The predicted molar refractivity (Wildman–Crippen MR) is 110 cm³/mol. The molecule has 0 unspecified atom stereocenters. The van der Waals surface area contributed by atoms with Crippen LogP contribution in [-0.4, -0.2) is 53.6 Å². The fourth-order valence-electron chi connectivity index (χ4n) is 4.82. The summed E-state index contributed by atoms with van der Waals surface area (Å²) in [6, 6.07) is 6.94. The normalized spacial score (nSPS) is 25.2. The highest BCUT2D eigenvalue weighted by molar-refractivity contribution is 5.49. The molecule has 0 radical (unpaired) electrons. The molecule has 2 bridgehead atoms. The van der Waals surface area contributed by atoms with Gasteiger partial charge in [0.25, 0.3) is 5.56 Å². The van der Waals surface area contributed by atoms with Gasteiger partial charge in [0.05, 0.1) is 18.8 Å². The number of aromatic nitrogens is 2. The molecule has 10 heteroatoms. The maximum Gasteiger partial charge on any atom is 0.408 e. The SMILES string of the molecule is Nc1ccc(CCN2c3nc(N4C[C@@H]5C[C@H]4CO5)cc(=O)n3CC[C@H]2C(F)(F)F)cc1. The van der Waals surface area contributed by atoms with Crippen molar-refractivity contribution in [2.75, 3.05) is 35.2 Å². The molecule has 5 rings (SSSR count).